The van der Waals surface area contributed by atoms with Gasteiger partial charge in [-0.2, -0.15) is 0 Å². The van der Waals surface area contributed by atoms with Crippen molar-refractivity contribution in [2.45, 2.75) is 53.4 Å². The molecule has 0 aliphatic carbocycles. The second-order valence-corrected chi connectivity index (χ2v) is 22.2. The van der Waals surface area contributed by atoms with Crippen molar-refractivity contribution in [2.24, 2.45) is 0 Å². The highest BCUT2D eigenvalue weighted by Gasteiger charge is 2.29. The van der Waals surface area contributed by atoms with Crippen molar-refractivity contribution in [1.82, 2.24) is 8.80 Å². The van der Waals surface area contributed by atoms with E-state index in [0.29, 0.717) is 11.8 Å². The van der Waals surface area contributed by atoms with E-state index in [4.69, 9.17) is 0 Å². The third-order valence-corrected chi connectivity index (χ3v) is 16.8. The zero-order valence-electron chi connectivity index (χ0n) is 44.9. The summed E-state index contributed by atoms with van der Waals surface area (Å²) in [4.78, 5) is 5.05. The van der Waals surface area contributed by atoms with Gasteiger partial charge in [0.15, 0.2) is 0 Å². The maximum Gasteiger partial charge on any atom is 0.0641 e. The first-order chi connectivity index (χ1) is 38.2. The number of nitrogens with zero attached hydrogens (tertiary/aromatic N) is 4. The fourth-order valence-corrected chi connectivity index (χ4v) is 13.1. The molecule has 4 heterocycles. The molecule has 0 atom stereocenters. The summed E-state index contributed by atoms with van der Waals surface area (Å²) >= 11 is 0. The highest BCUT2D eigenvalue weighted by Crippen LogP contribution is 2.53. The van der Waals surface area contributed by atoms with Crippen LogP contribution in [-0.2, 0) is 0 Å². The highest BCUT2D eigenvalue weighted by molar-refractivity contribution is 6.32. The van der Waals surface area contributed by atoms with Crippen molar-refractivity contribution < 1.29 is 0 Å². The molecule has 0 N–H and O–H groups in total. The molecule has 0 aliphatic heterocycles. The van der Waals surface area contributed by atoms with Crippen molar-refractivity contribution in [3.8, 4) is 22.3 Å². The Morgan fingerprint density at radius 3 is 1.09 bits per heavy atom. The van der Waals surface area contributed by atoms with Crippen LogP contribution in [0.1, 0.15) is 61.8 Å². The van der Waals surface area contributed by atoms with Crippen molar-refractivity contribution in [3.63, 3.8) is 0 Å². The summed E-state index contributed by atoms with van der Waals surface area (Å²) in [5, 5.41) is 9.97. The van der Waals surface area contributed by atoms with Gasteiger partial charge in [-0.25, -0.2) is 0 Å². The quantitative estimate of drug-likeness (QED) is 0.136. The Kier molecular flexibility index (Phi) is 10.4. The minimum absolute atomic E-state index is 0.424. The normalized spacial score (nSPS) is 12.2. The van der Waals surface area contributed by atoms with Crippen LogP contribution in [0.2, 0.25) is 0 Å². The molecule has 0 unspecified atom stereocenters. The number of aromatic nitrogens is 2. The number of rotatable bonds is 10. The standard InChI is InChI=1S/C74H58N4/c1-45(2)49-27-31-53(32-28-49)75(67-41-47(5)25-35-55(67)51-17-9-7-10-18-51)65-39-37-57-61-43-70-62(44-69(61)77-63-23-15-13-21-59(63)71(65)73(57)77)58-38-40-66(72-60-22-14-16-24-64(60)78(70)74(58)72)76(54-33-29-50(30-34-54)46(3)4)68-42-48(6)26-36-56(68)52-19-11-8-12-20-52/h7-46H,1-6H3. The van der Waals surface area contributed by atoms with Crippen LogP contribution in [0, 0.1) is 13.8 Å². The average molecular weight is 1000 g/mol. The fraction of sp³-hybridized carbons (Fsp3) is 0.108. The van der Waals surface area contributed by atoms with Gasteiger partial charge in [0.1, 0.15) is 0 Å². The summed E-state index contributed by atoms with van der Waals surface area (Å²) < 4.78 is 5.13. The van der Waals surface area contributed by atoms with E-state index in [0.717, 1.165) is 34.1 Å². The van der Waals surface area contributed by atoms with Gasteiger partial charge in [-0.05, 0) is 132 Å². The maximum absolute atomic E-state index is 2.57. The van der Waals surface area contributed by atoms with Gasteiger partial charge in [0, 0.05) is 65.6 Å². The first-order valence-electron chi connectivity index (χ1n) is 27.6. The van der Waals surface area contributed by atoms with E-state index in [2.05, 4.69) is 291 Å². The molecule has 0 spiro atoms. The Labute approximate surface area is 454 Å². The van der Waals surface area contributed by atoms with Crippen LogP contribution in [0.15, 0.2) is 231 Å². The molecule has 0 aliphatic rings. The summed E-state index contributed by atoms with van der Waals surface area (Å²) in [7, 11) is 0. The third-order valence-electron chi connectivity index (χ3n) is 16.8. The Bertz CT molecular complexity index is 4480. The molecule has 0 saturated heterocycles. The van der Waals surface area contributed by atoms with Gasteiger partial charge in [0.25, 0.3) is 0 Å². The van der Waals surface area contributed by atoms with Gasteiger partial charge in [-0.3, -0.25) is 0 Å². The molecule has 0 amide bonds. The Balaban J connectivity index is 1.01. The molecule has 4 nitrogen and oxygen atoms in total. The average Bonchev–Trinajstić information content (AvgIpc) is 3.31. The number of fused-ring (bicyclic) bond motifs is 12. The predicted molar refractivity (Wildman–Crippen MR) is 334 cm³/mol. The molecule has 15 aromatic rings. The van der Waals surface area contributed by atoms with E-state index >= 15 is 0 Å². The van der Waals surface area contributed by atoms with E-state index in [-0.39, 0.29) is 0 Å². The number of aryl methyl sites for hydroxylation is 2. The minimum Gasteiger partial charge on any atom is -0.309 e. The molecule has 0 bridgehead atoms. The van der Waals surface area contributed by atoms with Crippen LogP contribution < -0.4 is 9.80 Å². The van der Waals surface area contributed by atoms with Crippen LogP contribution in [-0.4, -0.2) is 8.80 Å². The maximum atomic E-state index is 2.57. The number of hydrogen-bond donors (Lipinski definition) is 0. The molecule has 4 aromatic heterocycles. The summed E-state index contributed by atoms with van der Waals surface area (Å²) in [5.41, 5.74) is 24.1. The highest BCUT2D eigenvalue weighted by atomic mass is 15.2. The Hall–Kier alpha value is -9.38. The number of para-hydroxylation sites is 2. The van der Waals surface area contributed by atoms with Crippen LogP contribution in [0.25, 0.3) is 98.4 Å². The topological polar surface area (TPSA) is 15.3 Å². The van der Waals surface area contributed by atoms with Crippen LogP contribution in [0.4, 0.5) is 34.1 Å². The molecular weight excluding hydrogens is 945 g/mol. The first kappa shape index (κ1) is 46.0. The number of anilines is 6. The molecule has 0 fully saturated rings. The molecule has 374 valence electrons. The number of benzene rings is 11. The summed E-state index contributed by atoms with van der Waals surface area (Å²) in [6.45, 7) is 13.5. The van der Waals surface area contributed by atoms with Crippen molar-refractivity contribution >= 4 is 110 Å². The van der Waals surface area contributed by atoms with E-state index in [1.54, 1.807) is 0 Å². The molecule has 78 heavy (non-hydrogen) atoms. The molecular formula is C74H58N4. The van der Waals surface area contributed by atoms with E-state index < -0.39 is 0 Å². The third kappa shape index (κ3) is 6.85. The first-order valence-corrected chi connectivity index (χ1v) is 27.6. The lowest BCUT2D eigenvalue weighted by molar-refractivity contribution is 0.866. The zero-order valence-corrected chi connectivity index (χ0v) is 44.9. The molecule has 4 heteroatoms. The van der Waals surface area contributed by atoms with E-state index in [1.807, 2.05) is 0 Å². The van der Waals surface area contributed by atoms with E-state index in [9.17, 15) is 0 Å². The lowest BCUT2D eigenvalue weighted by Gasteiger charge is -2.29. The lowest BCUT2D eigenvalue weighted by atomic mass is 9.97. The van der Waals surface area contributed by atoms with Gasteiger partial charge in [-0.1, -0.05) is 185 Å². The fourth-order valence-electron chi connectivity index (χ4n) is 13.1. The van der Waals surface area contributed by atoms with Crippen molar-refractivity contribution in [2.75, 3.05) is 9.80 Å². The van der Waals surface area contributed by atoms with Gasteiger partial charge >= 0.3 is 0 Å². The molecule has 15 rings (SSSR count). The van der Waals surface area contributed by atoms with Gasteiger partial charge in [0.05, 0.1) is 55.8 Å². The Morgan fingerprint density at radius 2 is 0.692 bits per heavy atom. The SMILES string of the molecule is Cc1ccc(-c2ccccc2)c(N(c2ccc(C(C)C)cc2)c2ccc3c4cc5c(cc4n4c6ccccc6c2c34)c2ccc(N(c3ccc(C(C)C)cc3)c3cc(C)ccc3-c3ccccc3)c3c4ccccc4n5c23)c1. The monoisotopic (exact) mass is 1000 g/mol. The zero-order chi connectivity index (χ0) is 52.5. The van der Waals surface area contributed by atoms with Crippen molar-refractivity contribution in [3.05, 3.63) is 253 Å². The van der Waals surface area contributed by atoms with Gasteiger partial charge in [0.2, 0.25) is 0 Å². The molecule has 0 saturated carbocycles. The van der Waals surface area contributed by atoms with Crippen LogP contribution in [0.5, 0.6) is 0 Å². The largest absolute Gasteiger partial charge is 0.309 e. The van der Waals surface area contributed by atoms with Crippen LogP contribution in [0.3, 0.4) is 0 Å². The van der Waals surface area contributed by atoms with Crippen molar-refractivity contribution in [1.29, 1.82) is 0 Å². The van der Waals surface area contributed by atoms with Gasteiger partial charge in [-0.15, -0.1) is 0 Å². The van der Waals surface area contributed by atoms with E-state index in [1.165, 1.54) is 121 Å². The molecule has 0 radical (unpaired) electrons. The summed E-state index contributed by atoms with van der Waals surface area (Å²) in [5.74, 6) is 0.848. The second-order valence-electron chi connectivity index (χ2n) is 22.2. The Morgan fingerprint density at radius 1 is 0.308 bits per heavy atom. The molecule has 11 aromatic carbocycles. The predicted octanol–water partition coefficient (Wildman–Crippen LogP) is 21.1. The minimum atomic E-state index is 0.424. The smallest absolute Gasteiger partial charge is 0.0641 e. The number of hydrogen-bond acceptors (Lipinski definition) is 2. The lowest BCUT2D eigenvalue weighted by Crippen LogP contribution is -2.12. The van der Waals surface area contributed by atoms with Gasteiger partial charge < -0.3 is 18.6 Å². The summed E-state index contributed by atoms with van der Waals surface area (Å²) in [6.07, 6.45) is 0. The summed E-state index contributed by atoms with van der Waals surface area (Å²) in [6, 6.07) is 86.7. The van der Waals surface area contributed by atoms with Crippen LogP contribution >= 0.6 is 0 Å². The second kappa shape index (κ2) is 17.6.